The molecule has 0 aliphatic rings. The fourth-order valence-corrected chi connectivity index (χ4v) is 2.34. The van der Waals surface area contributed by atoms with Crippen LogP contribution in [-0.4, -0.2) is 32.3 Å². The van der Waals surface area contributed by atoms with E-state index in [1.54, 1.807) is 0 Å². The van der Waals surface area contributed by atoms with E-state index in [1.807, 2.05) is 0 Å². The lowest BCUT2D eigenvalue weighted by atomic mass is 10.2. The maximum atomic E-state index is 11.1. The topological polar surface area (TPSA) is 144 Å². The van der Waals surface area contributed by atoms with Crippen molar-refractivity contribution in [3.8, 4) is 17.2 Å². The van der Waals surface area contributed by atoms with Crippen LogP contribution in [0.25, 0.3) is 0 Å². The maximum absolute atomic E-state index is 11.1. The second-order valence-corrected chi connectivity index (χ2v) is 6.01. The molecule has 9 nitrogen and oxygen atoms in total. The highest BCUT2D eigenvalue weighted by atomic mass is 32.2. The molecule has 2 aromatic rings. The highest BCUT2D eigenvalue weighted by molar-refractivity contribution is 7.85. The fraction of sp³-hybridized carbons (Fsp3) is 0.143. The summed E-state index contributed by atoms with van der Waals surface area (Å²) in [5.41, 5.74) is 6.20. The molecule has 0 saturated carbocycles. The first kappa shape index (κ1) is 17.5. The molecule has 0 radical (unpaired) electrons. The molecule has 4 N–H and O–H groups in total. The van der Waals surface area contributed by atoms with Gasteiger partial charge in [-0.15, -0.1) is 10.2 Å². The van der Waals surface area contributed by atoms with Crippen molar-refractivity contribution in [1.29, 1.82) is 0 Å². The zero-order valence-corrected chi connectivity index (χ0v) is 13.6. The molecule has 2 aromatic carbocycles. The van der Waals surface area contributed by atoms with Gasteiger partial charge in [0.05, 0.1) is 24.8 Å². The SMILES string of the molecule is COc1cc(N=Nc2cc(S(=O)(=O)O)ccc2O)c(OC)cc1N. The summed E-state index contributed by atoms with van der Waals surface area (Å²) in [5.74, 6) is 0.343. The highest BCUT2D eigenvalue weighted by Crippen LogP contribution is 2.38. The summed E-state index contributed by atoms with van der Waals surface area (Å²) in [5, 5.41) is 17.4. The second kappa shape index (κ2) is 6.72. The van der Waals surface area contributed by atoms with Gasteiger partial charge in [-0.3, -0.25) is 4.55 Å². The Morgan fingerprint density at radius 1 is 1.00 bits per heavy atom. The van der Waals surface area contributed by atoms with Crippen LogP contribution in [0.3, 0.4) is 0 Å². The van der Waals surface area contributed by atoms with Crippen LogP contribution in [0, 0.1) is 0 Å². The van der Waals surface area contributed by atoms with E-state index < -0.39 is 15.0 Å². The van der Waals surface area contributed by atoms with E-state index in [1.165, 1.54) is 26.4 Å². The maximum Gasteiger partial charge on any atom is 0.294 e. The molecule has 0 saturated heterocycles. The van der Waals surface area contributed by atoms with Crippen molar-refractivity contribution in [1.82, 2.24) is 0 Å². The summed E-state index contributed by atoms with van der Waals surface area (Å²) in [4.78, 5) is -0.420. The van der Waals surface area contributed by atoms with E-state index in [0.29, 0.717) is 17.2 Å². The lowest BCUT2D eigenvalue weighted by Gasteiger charge is -2.09. The van der Waals surface area contributed by atoms with Gasteiger partial charge in [-0.1, -0.05) is 0 Å². The Morgan fingerprint density at radius 3 is 2.21 bits per heavy atom. The van der Waals surface area contributed by atoms with Crippen LogP contribution < -0.4 is 15.2 Å². The molecule has 2 rings (SSSR count). The summed E-state index contributed by atoms with van der Waals surface area (Å²) < 4.78 is 41.5. The minimum atomic E-state index is -4.43. The minimum Gasteiger partial charge on any atom is -0.506 e. The van der Waals surface area contributed by atoms with Crippen LogP contribution in [0.2, 0.25) is 0 Å². The zero-order chi connectivity index (χ0) is 17.9. The minimum absolute atomic E-state index is 0.150. The number of methoxy groups -OCH3 is 2. The van der Waals surface area contributed by atoms with E-state index >= 15 is 0 Å². The number of hydrogen-bond donors (Lipinski definition) is 3. The molecule has 24 heavy (non-hydrogen) atoms. The smallest absolute Gasteiger partial charge is 0.294 e. The predicted octanol–water partition coefficient (Wildman–Crippen LogP) is 2.65. The van der Waals surface area contributed by atoms with Gasteiger partial charge in [0.15, 0.2) is 0 Å². The van der Waals surface area contributed by atoms with Crippen LogP contribution in [-0.2, 0) is 10.1 Å². The normalized spacial score (nSPS) is 11.6. The van der Waals surface area contributed by atoms with E-state index in [-0.39, 0.29) is 17.1 Å². The number of nitrogen functional groups attached to an aromatic ring is 1. The van der Waals surface area contributed by atoms with Crippen LogP contribution in [0.1, 0.15) is 0 Å². The van der Waals surface area contributed by atoms with Gasteiger partial charge in [0.1, 0.15) is 28.6 Å². The molecule has 10 heteroatoms. The van der Waals surface area contributed by atoms with Gasteiger partial charge >= 0.3 is 0 Å². The Bertz CT molecular complexity index is 896. The molecule has 0 aromatic heterocycles. The van der Waals surface area contributed by atoms with Crippen LogP contribution in [0.15, 0.2) is 45.5 Å². The van der Waals surface area contributed by atoms with E-state index in [2.05, 4.69) is 10.2 Å². The molecule has 0 unspecified atom stereocenters. The molecular formula is C14H15N3O6S. The van der Waals surface area contributed by atoms with Gasteiger partial charge in [0.25, 0.3) is 10.1 Å². The number of anilines is 1. The number of nitrogens with two attached hydrogens (primary N) is 1. The van der Waals surface area contributed by atoms with Gasteiger partial charge < -0.3 is 20.3 Å². The third-order valence-electron chi connectivity index (χ3n) is 3.04. The average molecular weight is 353 g/mol. The van der Waals surface area contributed by atoms with Crippen molar-refractivity contribution in [2.75, 3.05) is 20.0 Å². The Morgan fingerprint density at radius 2 is 1.62 bits per heavy atom. The molecular weight excluding hydrogens is 338 g/mol. The molecule has 0 atom stereocenters. The molecule has 0 spiro atoms. The number of phenolic OH excluding ortho intramolecular Hbond substituents is 1. The summed E-state index contributed by atoms with van der Waals surface area (Å²) in [7, 11) is -1.58. The standard InChI is InChI=1S/C14H15N3O6S/c1-22-13-7-11(14(23-2)6-9(13)15)17-16-10-5-8(24(19,20)21)3-4-12(10)18/h3-7,18H,15H2,1-2H3,(H,19,20,21). The monoisotopic (exact) mass is 353 g/mol. The van der Waals surface area contributed by atoms with Crippen molar-refractivity contribution in [3.05, 3.63) is 30.3 Å². The van der Waals surface area contributed by atoms with Gasteiger partial charge in [-0.2, -0.15) is 8.42 Å². The Hall–Kier alpha value is -2.85. The quantitative estimate of drug-likeness (QED) is 0.426. The van der Waals surface area contributed by atoms with Crippen molar-refractivity contribution < 1.29 is 27.6 Å². The first-order chi connectivity index (χ1) is 11.3. The van der Waals surface area contributed by atoms with E-state index in [4.69, 9.17) is 19.8 Å². The number of azo groups is 1. The van der Waals surface area contributed by atoms with Gasteiger partial charge in [-0.05, 0) is 18.2 Å². The molecule has 0 heterocycles. The molecule has 0 aliphatic heterocycles. The van der Waals surface area contributed by atoms with Crippen LogP contribution in [0.4, 0.5) is 17.1 Å². The molecule has 0 fully saturated rings. The Balaban J connectivity index is 2.48. The fourth-order valence-electron chi connectivity index (χ4n) is 1.83. The average Bonchev–Trinajstić information content (AvgIpc) is 2.53. The van der Waals surface area contributed by atoms with Gasteiger partial charge in [-0.25, -0.2) is 0 Å². The Kier molecular flexibility index (Phi) is 4.90. The lowest BCUT2D eigenvalue weighted by molar-refractivity contribution is 0.406. The third kappa shape index (κ3) is 3.73. The van der Waals surface area contributed by atoms with Crippen molar-refractivity contribution in [2.45, 2.75) is 4.90 Å². The Labute approximate surface area is 138 Å². The molecule has 0 amide bonds. The molecule has 0 aliphatic carbocycles. The van der Waals surface area contributed by atoms with Crippen molar-refractivity contribution in [3.63, 3.8) is 0 Å². The summed E-state index contributed by atoms with van der Waals surface area (Å²) >= 11 is 0. The number of phenols is 1. The summed E-state index contributed by atoms with van der Waals surface area (Å²) in [6, 6.07) is 6.06. The number of nitrogens with zero attached hydrogens (tertiary/aromatic N) is 2. The number of ether oxygens (including phenoxy) is 2. The van der Waals surface area contributed by atoms with Crippen LogP contribution in [0.5, 0.6) is 17.2 Å². The number of hydrogen-bond acceptors (Lipinski definition) is 8. The number of benzene rings is 2. The van der Waals surface area contributed by atoms with Gasteiger partial charge in [0, 0.05) is 12.1 Å². The first-order valence-corrected chi connectivity index (χ1v) is 7.94. The van der Waals surface area contributed by atoms with Crippen molar-refractivity contribution >= 4 is 27.2 Å². The number of rotatable bonds is 5. The largest absolute Gasteiger partial charge is 0.506 e. The zero-order valence-electron chi connectivity index (χ0n) is 12.8. The van der Waals surface area contributed by atoms with Crippen molar-refractivity contribution in [2.24, 2.45) is 10.2 Å². The third-order valence-corrected chi connectivity index (χ3v) is 3.89. The van der Waals surface area contributed by atoms with Gasteiger partial charge in [0.2, 0.25) is 0 Å². The van der Waals surface area contributed by atoms with Crippen LogP contribution >= 0.6 is 0 Å². The van der Waals surface area contributed by atoms with E-state index in [0.717, 1.165) is 18.2 Å². The highest BCUT2D eigenvalue weighted by Gasteiger charge is 2.13. The molecule has 0 bridgehead atoms. The molecule has 128 valence electrons. The summed E-state index contributed by atoms with van der Waals surface area (Å²) in [6.45, 7) is 0. The summed E-state index contributed by atoms with van der Waals surface area (Å²) in [6.07, 6.45) is 0. The second-order valence-electron chi connectivity index (χ2n) is 4.59. The number of aromatic hydroxyl groups is 1. The lowest BCUT2D eigenvalue weighted by Crippen LogP contribution is -1.97. The predicted molar refractivity (Wildman–Crippen MR) is 86.1 cm³/mol. The van der Waals surface area contributed by atoms with E-state index in [9.17, 15) is 13.5 Å². The first-order valence-electron chi connectivity index (χ1n) is 6.50.